The second-order valence-electron chi connectivity index (χ2n) is 2.04. The molecule has 0 aromatic carbocycles. The van der Waals surface area contributed by atoms with Gasteiger partial charge in [-0.2, -0.15) is 0 Å². The fraction of sp³-hybridized carbons (Fsp3) is 0.833. The molecule has 0 bridgehead atoms. The second-order valence-corrected chi connectivity index (χ2v) is 2.04. The topological polar surface area (TPSA) is 66.8 Å². The summed E-state index contributed by atoms with van der Waals surface area (Å²) in [5.41, 5.74) is 0. The van der Waals surface area contributed by atoms with E-state index in [9.17, 15) is 4.79 Å². The van der Waals surface area contributed by atoms with Gasteiger partial charge in [0, 0.05) is 0 Å². The Kier molecular flexibility index (Phi) is 4.88. The standard InChI is InChI=1S/C6H12O4/c1-5(6(8)9)4-10-3-2-7/h5,7H,2-4H2,1H3,(H,8,9). The highest BCUT2D eigenvalue weighted by Crippen LogP contribution is 1.94. The minimum atomic E-state index is -0.877. The molecule has 0 amide bonds. The van der Waals surface area contributed by atoms with Gasteiger partial charge < -0.3 is 14.9 Å². The summed E-state index contributed by atoms with van der Waals surface area (Å²) in [4.78, 5) is 10.2. The lowest BCUT2D eigenvalue weighted by molar-refractivity contribution is -0.143. The number of ether oxygens (including phenoxy) is 1. The van der Waals surface area contributed by atoms with Crippen molar-refractivity contribution >= 4 is 5.97 Å². The largest absolute Gasteiger partial charge is 0.481 e. The first-order chi connectivity index (χ1) is 4.68. The molecule has 1 atom stereocenters. The van der Waals surface area contributed by atoms with Crippen LogP contribution in [0.1, 0.15) is 6.92 Å². The Labute approximate surface area is 59.4 Å². The molecule has 0 aliphatic carbocycles. The van der Waals surface area contributed by atoms with E-state index in [2.05, 4.69) is 0 Å². The fourth-order valence-electron chi connectivity index (χ4n) is 0.396. The first kappa shape index (κ1) is 9.39. The number of rotatable bonds is 5. The van der Waals surface area contributed by atoms with Crippen LogP contribution in [0.2, 0.25) is 0 Å². The van der Waals surface area contributed by atoms with Crippen LogP contribution >= 0.6 is 0 Å². The lowest BCUT2D eigenvalue weighted by Crippen LogP contribution is -2.17. The van der Waals surface area contributed by atoms with Gasteiger partial charge in [-0.05, 0) is 6.92 Å². The highest BCUT2D eigenvalue weighted by molar-refractivity contribution is 5.69. The van der Waals surface area contributed by atoms with Gasteiger partial charge in [0.05, 0.1) is 25.7 Å². The van der Waals surface area contributed by atoms with Crippen molar-refractivity contribution in [3.05, 3.63) is 0 Å². The fourth-order valence-corrected chi connectivity index (χ4v) is 0.396. The third kappa shape index (κ3) is 4.29. The van der Waals surface area contributed by atoms with Gasteiger partial charge in [0.25, 0.3) is 0 Å². The molecule has 0 rings (SSSR count). The van der Waals surface area contributed by atoms with Crippen molar-refractivity contribution < 1.29 is 19.7 Å². The number of carbonyl (C=O) groups is 1. The molecule has 60 valence electrons. The molecule has 2 N–H and O–H groups in total. The summed E-state index contributed by atoms with van der Waals surface area (Å²) >= 11 is 0. The zero-order valence-corrected chi connectivity index (χ0v) is 5.91. The minimum Gasteiger partial charge on any atom is -0.481 e. The van der Waals surface area contributed by atoms with Crippen molar-refractivity contribution in [3.63, 3.8) is 0 Å². The van der Waals surface area contributed by atoms with Crippen LogP contribution in [0.15, 0.2) is 0 Å². The van der Waals surface area contributed by atoms with Gasteiger partial charge in [-0.15, -0.1) is 0 Å². The second kappa shape index (κ2) is 5.20. The summed E-state index contributed by atoms with van der Waals surface area (Å²) in [7, 11) is 0. The summed E-state index contributed by atoms with van der Waals surface area (Å²) in [6, 6.07) is 0. The molecule has 0 saturated heterocycles. The maximum Gasteiger partial charge on any atom is 0.308 e. The molecule has 0 aliphatic rings. The maximum absolute atomic E-state index is 10.2. The molecule has 4 nitrogen and oxygen atoms in total. The van der Waals surface area contributed by atoms with Crippen LogP contribution in [0.25, 0.3) is 0 Å². The van der Waals surface area contributed by atoms with Crippen molar-refractivity contribution in [2.75, 3.05) is 19.8 Å². The highest BCUT2D eigenvalue weighted by Gasteiger charge is 2.09. The highest BCUT2D eigenvalue weighted by atomic mass is 16.5. The third-order valence-corrected chi connectivity index (χ3v) is 1.03. The van der Waals surface area contributed by atoms with Gasteiger partial charge in [-0.25, -0.2) is 0 Å². The van der Waals surface area contributed by atoms with E-state index in [0.29, 0.717) is 0 Å². The molecule has 0 aliphatic heterocycles. The van der Waals surface area contributed by atoms with E-state index >= 15 is 0 Å². The first-order valence-electron chi connectivity index (χ1n) is 3.10. The van der Waals surface area contributed by atoms with Crippen LogP contribution < -0.4 is 0 Å². The molecule has 1 unspecified atom stereocenters. The monoisotopic (exact) mass is 148 g/mol. The van der Waals surface area contributed by atoms with Crippen LogP contribution in [0.3, 0.4) is 0 Å². The van der Waals surface area contributed by atoms with Crippen molar-refractivity contribution in [3.8, 4) is 0 Å². The van der Waals surface area contributed by atoms with E-state index in [1.807, 2.05) is 0 Å². The molecule has 10 heavy (non-hydrogen) atoms. The smallest absolute Gasteiger partial charge is 0.308 e. The summed E-state index contributed by atoms with van der Waals surface area (Å²) < 4.78 is 4.78. The number of carboxylic acids is 1. The molecule has 0 fully saturated rings. The number of carboxylic acid groups (broad SMARTS) is 1. The summed E-state index contributed by atoms with van der Waals surface area (Å²) in [6.45, 7) is 1.86. The van der Waals surface area contributed by atoms with Gasteiger partial charge in [0.15, 0.2) is 0 Å². The van der Waals surface area contributed by atoms with Crippen LogP contribution in [-0.2, 0) is 9.53 Å². The molecule has 0 saturated carbocycles. The molecule has 0 radical (unpaired) electrons. The Morgan fingerprint density at radius 1 is 1.70 bits per heavy atom. The Hall–Kier alpha value is -0.610. The Bertz CT molecular complexity index is 102. The molecular formula is C6H12O4. The summed E-state index contributed by atoms with van der Waals surface area (Å²) in [5.74, 6) is -1.37. The number of hydrogen-bond acceptors (Lipinski definition) is 3. The van der Waals surface area contributed by atoms with Crippen LogP contribution in [0.4, 0.5) is 0 Å². The molecule has 4 heteroatoms. The van der Waals surface area contributed by atoms with Crippen LogP contribution in [0, 0.1) is 5.92 Å². The van der Waals surface area contributed by atoms with E-state index < -0.39 is 11.9 Å². The number of hydrogen-bond donors (Lipinski definition) is 2. The lowest BCUT2D eigenvalue weighted by atomic mass is 10.2. The van der Waals surface area contributed by atoms with E-state index in [-0.39, 0.29) is 19.8 Å². The predicted molar refractivity (Wildman–Crippen MR) is 34.7 cm³/mol. The zero-order valence-electron chi connectivity index (χ0n) is 5.91. The van der Waals surface area contributed by atoms with Gasteiger partial charge in [-0.1, -0.05) is 0 Å². The van der Waals surface area contributed by atoms with Gasteiger partial charge in [-0.3, -0.25) is 4.79 Å². The van der Waals surface area contributed by atoms with Crippen LogP contribution in [0.5, 0.6) is 0 Å². The SMILES string of the molecule is CC(COCCO)C(=O)O. The predicted octanol–water partition coefficient (Wildman–Crippen LogP) is -0.284. The first-order valence-corrected chi connectivity index (χ1v) is 3.10. The van der Waals surface area contributed by atoms with Crippen molar-refractivity contribution in [1.29, 1.82) is 0 Å². The number of aliphatic hydroxyl groups excluding tert-OH is 1. The molecule has 0 aromatic rings. The van der Waals surface area contributed by atoms with Gasteiger partial charge in [0.2, 0.25) is 0 Å². The lowest BCUT2D eigenvalue weighted by Gasteiger charge is -2.04. The van der Waals surface area contributed by atoms with E-state index in [4.69, 9.17) is 14.9 Å². The minimum absolute atomic E-state index is 0.0632. The average Bonchev–Trinajstić information content (AvgIpc) is 1.88. The third-order valence-electron chi connectivity index (χ3n) is 1.03. The Morgan fingerprint density at radius 2 is 2.30 bits per heavy atom. The Balaban J connectivity index is 3.21. The molecule has 0 aromatic heterocycles. The quantitative estimate of drug-likeness (QED) is 0.526. The normalized spacial score (nSPS) is 13.0. The summed E-state index contributed by atoms with van der Waals surface area (Å²) in [6.07, 6.45) is 0. The molecular weight excluding hydrogens is 136 g/mol. The summed E-state index contributed by atoms with van der Waals surface area (Å²) in [5, 5.41) is 16.6. The van der Waals surface area contributed by atoms with Crippen molar-refractivity contribution in [2.24, 2.45) is 5.92 Å². The van der Waals surface area contributed by atoms with Gasteiger partial charge in [0.1, 0.15) is 0 Å². The van der Waals surface area contributed by atoms with Gasteiger partial charge >= 0.3 is 5.97 Å². The molecule has 0 heterocycles. The molecule has 0 spiro atoms. The van der Waals surface area contributed by atoms with Crippen LogP contribution in [-0.4, -0.2) is 36.0 Å². The average molecular weight is 148 g/mol. The van der Waals surface area contributed by atoms with Crippen molar-refractivity contribution in [1.82, 2.24) is 0 Å². The van der Waals surface area contributed by atoms with E-state index in [0.717, 1.165) is 0 Å². The van der Waals surface area contributed by atoms with Crippen molar-refractivity contribution in [2.45, 2.75) is 6.92 Å². The number of aliphatic hydroxyl groups is 1. The maximum atomic E-state index is 10.2. The Morgan fingerprint density at radius 3 is 2.70 bits per heavy atom. The zero-order chi connectivity index (χ0) is 7.98. The van der Waals surface area contributed by atoms with E-state index in [1.165, 1.54) is 0 Å². The van der Waals surface area contributed by atoms with E-state index in [1.54, 1.807) is 6.92 Å². The number of aliphatic carboxylic acids is 1.